The molecule has 0 bridgehead atoms. The van der Waals surface area contributed by atoms with Gasteiger partial charge in [-0.05, 0) is 42.5 Å². The molecule has 3 N–H and O–H groups in total. The Bertz CT molecular complexity index is 597. The van der Waals surface area contributed by atoms with Crippen LogP contribution in [-0.4, -0.2) is 13.0 Å². The van der Waals surface area contributed by atoms with Crippen molar-refractivity contribution in [2.75, 3.05) is 12.4 Å². The lowest BCUT2D eigenvalue weighted by Gasteiger charge is -2.09. The first-order valence-corrected chi connectivity index (χ1v) is 6.03. The van der Waals surface area contributed by atoms with Crippen LogP contribution in [0.5, 0.6) is 11.5 Å². The first kappa shape index (κ1) is 13.2. The van der Waals surface area contributed by atoms with Crippen LogP contribution in [0.2, 0.25) is 5.02 Å². The van der Waals surface area contributed by atoms with E-state index in [4.69, 9.17) is 22.1 Å². The van der Waals surface area contributed by atoms with Crippen LogP contribution in [-0.2, 0) is 0 Å². The number of rotatable bonds is 4. The van der Waals surface area contributed by atoms with Crippen LogP contribution in [0.1, 0.15) is 10.4 Å². The summed E-state index contributed by atoms with van der Waals surface area (Å²) in [6.45, 7) is 0. The van der Waals surface area contributed by atoms with Crippen molar-refractivity contribution in [3.63, 3.8) is 0 Å². The number of hydrogen-bond acceptors (Lipinski definition) is 3. The zero-order chi connectivity index (χ0) is 13.8. The molecule has 0 aliphatic heterocycles. The van der Waals surface area contributed by atoms with Gasteiger partial charge in [0.15, 0.2) is 0 Å². The zero-order valence-corrected chi connectivity index (χ0v) is 11.1. The summed E-state index contributed by atoms with van der Waals surface area (Å²) in [4.78, 5) is 11.0. The standard InChI is InChI=1S/C14H13ClN2O2/c1-17-10-3-5-11(6-4-10)19-13-7-2-9(14(16)18)8-12(13)15/h2-8,17H,1H3,(H2,16,18). The second kappa shape index (κ2) is 5.63. The summed E-state index contributed by atoms with van der Waals surface area (Å²) in [6.07, 6.45) is 0. The van der Waals surface area contributed by atoms with Gasteiger partial charge in [0, 0.05) is 18.3 Å². The number of carbonyl (C=O) groups is 1. The van der Waals surface area contributed by atoms with Crippen LogP contribution < -0.4 is 15.8 Å². The lowest BCUT2D eigenvalue weighted by molar-refractivity contribution is 0.100. The third-order valence-corrected chi connectivity index (χ3v) is 2.88. The molecule has 0 fully saturated rings. The summed E-state index contributed by atoms with van der Waals surface area (Å²) in [7, 11) is 1.84. The maximum atomic E-state index is 11.0. The van der Waals surface area contributed by atoms with E-state index >= 15 is 0 Å². The van der Waals surface area contributed by atoms with Gasteiger partial charge in [0.2, 0.25) is 5.91 Å². The van der Waals surface area contributed by atoms with Crippen LogP contribution in [0.25, 0.3) is 0 Å². The molecule has 1 amide bonds. The Labute approximate surface area is 116 Å². The van der Waals surface area contributed by atoms with Gasteiger partial charge in [0.05, 0.1) is 5.02 Å². The van der Waals surface area contributed by atoms with Gasteiger partial charge in [-0.25, -0.2) is 0 Å². The zero-order valence-electron chi connectivity index (χ0n) is 10.3. The van der Waals surface area contributed by atoms with Gasteiger partial charge in [0.25, 0.3) is 0 Å². The number of amides is 1. The summed E-state index contributed by atoms with van der Waals surface area (Å²) in [5, 5.41) is 3.36. The molecular weight excluding hydrogens is 264 g/mol. The maximum absolute atomic E-state index is 11.0. The van der Waals surface area contributed by atoms with Gasteiger partial charge in [-0.15, -0.1) is 0 Å². The molecule has 0 unspecified atom stereocenters. The van der Waals surface area contributed by atoms with E-state index < -0.39 is 5.91 Å². The predicted octanol–water partition coefficient (Wildman–Crippen LogP) is 3.27. The van der Waals surface area contributed by atoms with Crippen LogP contribution in [0.4, 0.5) is 5.69 Å². The van der Waals surface area contributed by atoms with Crippen LogP contribution >= 0.6 is 11.6 Å². The van der Waals surface area contributed by atoms with Crippen molar-refractivity contribution in [2.24, 2.45) is 5.73 Å². The van der Waals surface area contributed by atoms with E-state index in [1.165, 1.54) is 6.07 Å². The molecule has 0 saturated carbocycles. The smallest absolute Gasteiger partial charge is 0.248 e. The van der Waals surface area contributed by atoms with Crippen molar-refractivity contribution in [1.29, 1.82) is 0 Å². The van der Waals surface area contributed by atoms with Gasteiger partial charge < -0.3 is 15.8 Å². The second-order valence-electron chi connectivity index (χ2n) is 3.89. The number of nitrogens with one attached hydrogen (secondary N) is 1. The maximum Gasteiger partial charge on any atom is 0.248 e. The minimum absolute atomic E-state index is 0.342. The Balaban J connectivity index is 2.20. The Kier molecular flexibility index (Phi) is 3.92. The van der Waals surface area contributed by atoms with Gasteiger partial charge >= 0.3 is 0 Å². The number of hydrogen-bond donors (Lipinski definition) is 2. The number of nitrogens with two attached hydrogens (primary N) is 1. The highest BCUT2D eigenvalue weighted by molar-refractivity contribution is 6.32. The number of ether oxygens (including phenoxy) is 1. The normalized spacial score (nSPS) is 10.0. The second-order valence-corrected chi connectivity index (χ2v) is 4.29. The number of carbonyl (C=O) groups excluding carboxylic acids is 1. The summed E-state index contributed by atoms with van der Waals surface area (Å²) in [6, 6.07) is 12.1. The molecule has 0 aliphatic rings. The van der Waals surface area contributed by atoms with Gasteiger partial charge in [-0.3, -0.25) is 4.79 Å². The molecule has 0 spiro atoms. The minimum Gasteiger partial charge on any atom is -0.456 e. The average molecular weight is 277 g/mol. The van der Waals surface area contributed by atoms with E-state index in [9.17, 15) is 4.79 Å². The lowest BCUT2D eigenvalue weighted by Crippen LogP contribution is -2.10. The summed E-state index contributed by atoms with van der Waals surface area (Å²) >= 11 is 6.04. The largest absolute Gasteiger partial charge is 0.456 e. The molecule has 0 radical (unpaired) electrons. The van der Waals surface area contributed by atoms with Crippen molar-refractivity contribution in [3.8, 4) is 11.5 Å². The Morgan fingerprint density at radius 1 is 1.21 bits per heavy atom. The third-order valence-electron chi connectivity index (χ3n) is 2.59. The molecule has 0 saturated heterocycles. The lowest BCUT2D eigenvalue weighted by atomic mass is 10.2. The molecule has 0 aliphatic carbocycles. The van der Waals surface area contributed by atoms with E-state index in [1.807, 2.05) is 31.3 Å². The Hall–Kier alpha value is -2.20. The SMILES string of the molecule is CNc1ccc(Oc2ccc(C(N)=O)cc2Cl)cc1. The molecule has 0 atom stereocenters. The molecule has 4 nitrogen and oxygen atoms in total. The number of anilines is 1. The first-order valence-electron chi connectivity index (χ1n) is 5.65. The molecule has 0 heterocycles. The van der Waals surface area contributed by atoms with Crippen LogP contribution in [0.15, 0.2) is 42.5 Å². The van der Waals surface area contributed by atoms with E-state index in [1.54, 1.807) is 12.1 Å². The minimum atomic E-state index is -0.521. The first-order chi connectivity index (χ1) is 9.10. The van der Waals surface area contributed by atoms with Crippen molar-refractivity contribution < 1.29 is 9.53 Å². The fourth-order valence-corrected chi connectivity index (χ4v) is 1.77. The van der Waals surface area contributed by atoms with E-state index in [-0.39, 0.29) is 0 Å². The topological polar surface area (TPSA) is 64.3 Å². The van der Waals surface area contributed by atoms with Crippen molar-refractivity contribution in [2.45, 2.75) is 0 Å². The van der Waals surface area contributed by atoms with E-state index in [2.05, 4.69) is 5.32 Å². The summed E-state index contributed by atoms with van der Waals surface area (Å²) < 4.78 is 5.63. The molecule has 98 valence electrons. The molecule has 0 aromatic heterocycles. The molecular formula is C14H13ClN2O2. The third kappa shape index (κ3) is 3.17. The summed E-state index contributed by atoms with van der Waals surface area (Å²) in [5.41, 5.74) is 6.51. The Morgan fingerprint density at radius 2 is 1.89 bits per heavy atom. The van der Waals surface area contributed by atoms with Gasteiger partial charge in [-0.1, -0.05) is 11.6 Å². The Morgan fingerprint density at radius 3 is 2.42 bits per heavy atom. The molecule has 2 aromatic rings. The number of primary amides is 1. The number of halogens is 1. The highest BCUT2D eigenvalue weighted by Crippen LogP contribution is 2.30. The molecule has 2 rings (SSSR count). The average Bonchev–Trinajstić information content (AvgIpc) is 2.41. The fraction of sp³-hybridized carbons (Fsp3) is 0.0714. The van der Waals surface area contributed by atoms with Crippen molar-refractivity contribution in [1.82, 2.24) is 0 Å². The summed E-state index contributed by atoms with van der Waals surface area (Å²) in [5.74, 6) is 0.614. The molecule has 19 heavy (non-hydrogen) atoms. The highest BCUT2D eigenvalue weighted by Gasteiger charge is 2.07. The molecule has 2 aromatic carbocycles. The quantitative estimate of drug-likeness (QED) is 0.901. The van der Waals surface area contributed by atoms with Gasteiger partial charge in [0.1, 0.15) is 11.5 Å². The monoisotopic (exact) mass is 276 g/mol. The van der Waals surface area contributed by atoms with Crippen molar-refractivity contribution >= 4 is 23.2 Å². The molecule has 5 heteroatoms. The predicted molar refractivity (Wildman–Crippen MR) is 76.0 cm³/mol. The van der Waals surface area contributed by atoms with E-state index in [0.29, 0.717) is 22.1 Å². The van der Waals surface area contributed by atoms with Crippen LogP contribution in [0, 0.1) is 0 Å². The fourth-order valence-electron chi connectivity index (χ4n) is 1.55. The highest BCUT2D eigenvalue weighted by atomic mass is 35.5. The van der Waals surface area contributed by atoms with E-state index in [0.717, 1.165) is 5.69 Å². The van der Waals surface area contributed by atoms with Crippen molar-refractivity contribution in [3.05, 3.63) is 53.1 Å². The number of benzene rings is 2. The van der Waals surface area contributed by atoms with Gasteiger partial charge in [-0.2, -0.15) is 0 Å². The van der Waals surface area contributed by atoms with Crippen LogP contribution in [0.3, 0.4) is 0 Å².